The van der Waals surface area contributed by atoms with E-state index in [0.717, 1.165) is 22.5 Å². The van der Waals surface area contributed by atoms with Crippen LogP contribution in [0.4, 0.5) is 5.69 Å². The van der Waals surface area contributed by atoms with Gasteiger partial charge < -0.3 is 19.6 Å². The van der Waals surface area contributed by atoms with Gasteiger partial charge in [-0.15, -0.1) is 0 Å². The second-order valence-electron chi connectivity index (χ2n) is 7.92. The molecule has 7 nitrogen and oxygen atoms in total. The molecular weight excluding hydrogens is 450 g/mol. The second-order valence-corrected chi connectivity index (χ2v) is 8.33. The van der Waals surface area contributed by atoms with Crippen LogP contribution < -0.4 is 15.6 Å². The Morgan fingerprint density at radius 2 is 2.03 bits per heavy atom. The highest BCUT2D eigenvalue weighted by Gasteiger charge is 2.14. The second kappa shape index (κ2) is 9.41. The third kappa shape index (κ3) is 4.65. The topological polar surface area (TPSA) is 84.8 Å². The van der Waals surface area contributed by atoms with Gasteiger partial charge in [-0.25, -0.2) is 4.98 Å². The van der Waals surface area contributed by atoms with Gasteiger partial charge in [0.05, 0.1) is 28.6 Å². The molecule has 0 aliphatic heterocycles. The third-order valence-corrected chi connectivity index (χ3v) is 5.82. The van der Waals surface area contributed by atoms with Crippen LogP contribution in [0, 0.1) is 0 Å². The summed E-state index contributed by atoms with van der Waals surface area (Å²) in [7, 11) is 0. The zero-order chi connectivity index (χ0) is 23.5. The third-order valence-electron chi connectivity index (χ3n) is 5.53. The standard InChI is InChI=1S/C26H22ClN5O2/c1-17(30-19-6-4-7-21(13-19)32-10-9-28-16-32)22-11-18-12-23(27)25(14-24(18)31-26(22)33)34-15-20-5-2-3-8-29-20/h2-14,16-17,30H,15H2,1H3,(H,31,33). The molecule has 0 aliphatic rings. The lowest BCUT2D eigenvalue weighted by Gasteiger charge is -2.17. The molecule has 0 aliphatic carbocycles. The van der Waals surface area contributed by atoms with Crippen LogP contribution in [-0.4, -0.2) is 19.5 Å². The molecule has 5 rings (SSSR count). The number of hydrogen-bond donors (Lipinski definition) is 2. The van der Waals surface area contributed by atoms with Crippen LogP contribution >= 0.6 is 11.6 Å². The highest BCUT2D eigenvalue weighted by atomic mass is 35.5. The van der Waals surface area contributed by atoms with Gasteiger partial charge in [-0.3, -0.25) is 9.78 Å². The number of nitrogens with one attached hydrogen (secondary N) is 2. The van der Waals surface area contributed by atoms with E-state index in [1.54, 1.807) is 30.9 Å². The summed E-state index contributed by atoms with van der Waals surface area (Å²) < 4.78 is 7.76. The van der Waals surface area contributed by atoms with E-state index in [1.165, 1.54) is 0 Å². The number of hydrogen-bond acceptors (Lipinski definition) is 5. The molecule has 34 heavy (non-hydrogen) atoms. The summed E-state index contributed by atoms with van der Waals surface area (Å²) in [6.07, 6.45) is 7.07. The molecule has 0 spiro atoms. The van der Waals surface area contributed by atoms with E-state index in [2.05, 4.69) is 20.3 Å². The Hall–Kier alpha value is -4.10. The van der Waals surface area contributed by atoms with Gasteiger partial charge in [0.2, 0.25) is 0 Å². The predicted molar refractivity (Wildman–Crippen MR) is 134 cm³/mol. The number of aromatic nitrogens is 4. The number of imidazole rings is 1. The Morgan fingerprint density at radius 1 is 1.12 bits per heavy atom. The summed E-state index contributed by atoms with van der Waals surface area (Å²) in [5, 5.41) is 4.70. The van der Waals surface area contributed by atoms with Crippen molar-refractivity contribution in [2.24, 2.45) is 0 Å². The Bertz CT molecular complexity index is 1480. The predicted octanol–water partition coefficient (Wildman–Crippen LogP) is 5.51. The molecule has 2 N–H and O–H groups in total. The fraction of sp³-hybridized carbons (Fsp3) is 0.115. The zero-order valence-electron chi connectivity index (χ0n) is 18.4. The van der Waals surface area contributed by atoms with Crippen molar-refractivity contribution in [2.45, 2.75) is 19.6 Å². The quantitative estimate of drug-likeness (QED) is 0.326. The summed E-state index contributed by atoms with van der Waals surface area (Å²) in [4.78, 5) is 24.2. The molecule has 0 saturated carbocycles. The van der Waals surface area contributed by atoms with Crippen molar-refractivity contribution >= 4 is 28.2 Å². The number of pyridine rings is 2. The molecule has 1 atom stereocenters. The first kappa shape index (κ1) is 21.7. The average molecular weight is 472 g/mol. The van der Waals surface area contributed by atoms with Crippen molar-refractivity contribution in [3.05, 3.63) is 112 Å². The van der Waals surface area contributed by atoms with Gasteiger partial charge in [0.25, 0.3) is 5.56 Å². The number of nitrogens with zero attached hydrogens (tertiary/aromatic N) is 3. The van der Waals surface area contributed by atoms with Crippen LogP contribution in [0.25, 0.3) is 16.6 Å². The number of anilines is 1. The lowest BCUT2D eigenvalue weighted by molar-refractivity contribution is 0.302. The summed E-state index contributed by atoms with van der Waals surface area (Å²) in [5.74, 6) is 0.491. The van der Waals surface area contributed by atoms with Gasteiger partial charge in [-0.2, -0.15) is 0 Å². The van der Waals surface area contributed by atoms with Gasteiger partial charge in [0.15, 0.2) is 0 Å². The SMILES string of the molecule is CC(Nc1cccc(-n2ccnc2)c1)c1cc2cc(Cl)c(OCc3ccccn3)cc2[nH]c1=O. The molecular formula is C26H22ClN5O2. The number of rotatable bonds is 7. The monoisotopic (exact) mass is 471 g/mol. The highest BCUT2D eigenvalue weighted by Crippen LogP contribution is 2.30. The number of benzene rings is 2. The largest absolute Gasteiger partial charge is 0.486 e. The number of halogens is 1. The van der Waals surface area contributed by atoms with E-state index in [-0.39, 0.29) is 18.2 Å². The number of fused-ring (bicyclic) bond motifs is 1. The molecule has 2 aromatic carbocycles. The maximum Gasteiger partial charge on any atom is 0.253 e. The van der Waals surface area contributed by atoms with Gasteiger partial charge >= 0.3 is 0 Å². The Labute approximate surface area is 201 Å². The lowest BCUT2D eigenvalue weighted by atomic mass is 10.1. The van der Waals surface area contributed by atoms with E-state index in [1.807, 2.05) is 66.2 Å². The van der Waals surface area contributed by atoms with Gasteiger partial charge in [0.1, 0.15) is 12.4 Å². The Balaban J connectivity index is 1.38. The van der Waals surface area contributed by atoms with Crippen molar-refractivity contribution in [1.82, 2.24) is 19.5 Å². The molecule has 5 aromatic rings. The minimum Gasteiger partial charge on any atom is -0.486 e. The van der Waals surface area contributed by atoms with Crippen molar-refractivity contribution in [3.63, 3.8) is 0 Å². The van der Waals surface area contributed by atoms with Crippen LogP contribution in [0.15, 0.2) is 90.4 Å². The molecule has 3 aromatic heterocycles. The molecule has 170 valence electrons. The Kier molecular flexibility index (Phi) is 6.01. The first-order valence-electron chi connectivity index (χ1n) is 10.8. The zero-order valence-corrected chi connectivity index (χ0v) is 19.2. The molecule has 3 heterocycles. The molecule has 0 saturated heterocycles. The number of H-pyrrole nitrogens is 1. The summed E-state index contributed by atoms with van der Waals surface area (Å²) in [6.45, 7) is 2.24. The normalized spacial score (nSPS) is 11.9. The van der Waals surface area contributed by atoms with E-state index in [0.29, 0.717) is 21.9 Å². The molecule has 1 unspecified atom stereocenters. The smallest absolute Gasteiger partial charge is 0.253 e. The fourth-order valence-electron chi connectivity index (χ4n) is 3.79. The summed E-state index contributed by atoms with van der Waals surface area (Å²) in [5.41, 5.74) is 3.76. The van der Waals surface area contributed by atoms with Crippen LogP contribution in [0.3, 0.4) is 0 Å². The maximum atomic E-state index is 12.9. The van der Waals surface area contributed by atoms with Gasteiger partial charge in [0, 0.05) is 47.0 Å². The Morgan fingerprint density at radius 3 is 2.82 bits per heavy atom. The lowest BCUT2D eigenvalue weighted by Crippen LogP contribution is -2.19. The number of aromatic amines is 1. The molecule has 0 fully saturated rings. The van der Waals surface area contributed by atoms with Crippen molar-refractivity contribution < 1.29 is 4.74 Å². The van der Waals surface area contributed by atoms with E-state index >= 15 is 0 Å². The van der Waals surface area contributed by atoms with Crippen LogP contribution in [0.1, 0.15) is 24.2 Å². The van der Waals surface area contributed by atoms with Crippen molar-refractivity contribution in [3.8, 4) is 11.4 Å². The molecule has 0 amide bonds. The van der Waals surface area contributed by atoms with Crippen LogP contribution in [0.5, 0.6) is 5.75 Å². The van der Waals surface area contributed by atoms with E-state index in [4.69, 9.17) is 16.3 Å². The first-order chi connectivity index (χ1) is 16.6. The highest BCUT2D eigenvalue weighted by molar-refractivity contribution is 6.32. The summed E-state index contributed by atoms with van der Waals surface area (Å²) >= 11 is 6.48. The van der Waals surface area contributed by atoms with Crippen LogP contribution in [-0.2, 0) is 6.61 Å². The van der Waals surface area contributed by atoms with Gasteiger partial charge in [-0.1, -0.05) is 23.7 Å². The van der Waals surface area contributed by atoms with Crippen molar-refractivity contribution in [1.29, 1.82) is 0 Å². The molecule has 0 bridgehead atoms. The maximum absolute atomic E-state index is 12.9. The number of ether oxygens (including phenoxy) is 1. The first-order valence-corrected chi connectivity index (χ1v) is 11.2. The fourth-order valence-corrected chi connectivity index (χ4v) is 4.01. The van der Waals surface area contributed by atoms with Crippen molar-refractivity contribution in [2.75, 3.05) is 5.32 Å². The van der Waals surface area contributed by atoms with Crippen LogP contribution in [0.2, 0.25) is 5.02 Å². The molecule has 0 radical (unpaired) electrons. The minimum absolute atomic E-state index is 0.170. The van der Waals surface area contributed by atoms with E-state index in [9.17, 15) is 4.79 Å². The molecule has 8 heteroatoms. The average Bonchev–Trinajstić information content (AvgIpc) is 3.39. The van der Waals surface area contributed by atoms with E-state index < -0.39 is 0 Å². The summed E-state index contributed by atoms with van der Waals surface area (Å²) in [6, 6.07) is 18.7. The van der Waals surface area contributed by atoms with Gasteiger partial charge in [-0.05, 0) is 49.4 Å². The minimum atomic E-state index is -0.231.